The number of imidazole rings is 1. The summed E-state index contributed by atoms with van der Waals surface area (Å²) >= 11 is 0. The van der Waals surface area contributed by atoms with Crippen LogP contribution in [0.1, 0.15) is 87.1 Å². The van der Waals surface area contributed by atoms with Gasteiger partial charge in [0.05, 0.1) is 12.6 Å². The Balaban J connectivity index is 2.42. The normalized spacial score (nSPS) is 18.8. The summed E-state index contributed by atoms with van der Waals surface area (Å²) < 4.78 is 4.29. The zero-order valence-electron chi connectivity index (χ0n) is 20.8. The average molecular weight is 421 g/mol. The summed E-state index contributed by atoms with van der Waals surface area (Å²) in [5, 5.41) is 0. The third-order valence-corrected chi connectivity index (χ3v) is 7.49. The monoisotopic (exact) mass is 420 g/mol. The minimum atomic E-state index is -0.383. The lowest BCUT2D eigenvalue weighted by molar-refractivity contribution is -0.671. The second kappa shape index (κ2) is 8.27. The number of carbonyl (C=O) groups is 1. The molecule has 2 atom stereocenters. The van der Waals surface area contributed by atoms with Crippen LogP contribution in [0.4, 0.5) is 0 Å². The zero-order chi connectivity index (χ0) is 23.1. The summed E-state index contributed by atoms with van der Waals surface area (Å²) in [4.78, 5) is 14.8. The maximum Gasteiger partial charge on any atom is 0.243 e. The molecule has 6 heteroatoms. The smallest absolute Gasteiger partial charge is 0.243 e. The molecule has 0 spiro atoms. The van der Waals surface area contributed by atoms with Crippen LogP contribution < -0.4 is 16.0 Å². The van der Waals surface area contributed by atoms with Gasteiger partial charge in [-0.15, -0.1) is 0 Å². The van der Waals surface area contributed by atoms with E-state index in [-0.39, 0.29) is 39.9 Å². The summed E-state index contributed by atoms with van der Waals surface area (Å²) in [6.45, 7) is 18.4. The first-order chi connectivity index (χ1) is 13.5. The number of rotatable bonds is 9. The molecule has 2 heterocycles. The summed E-state index contributed by atoms with van der Waals surface area (Å²) in [6, 6.07) is 0.221. The summed E-state index contributed by atoms with van der Waals surface area (Å²) in [5.41, 5.74) is 12.2. The number of hydrogen-bond acceptors (Lipinski definition) is 3. The van der Waals surface area contributed by atoms with Crippen molar-refractivity contribution in [2.45, 2.75) is 104 Å². The first-order valence-corrected chi connectivity index (χ1v) is 11.4. The van der Waals surface area contributed by atoms with Gasteiger partial charge < -0.3 is 16.4 Å². The predicted molar refractivity (Wildman–Crippen MR) is 123 cm³/mol. The molecule has 0 saturated carbocycles. The molecule has 2 rings (SSSR count). The van der Waals surface area contributed by atoms with Gasteiger partial charge in [0.2, 0.25) is 12.2 Å². The van der Waals surface area contributed by atoms with Gasteiger partial charge in [-0.2, -0.15) is 0 Å². The Morgan fingerprint density at radius 3 is 2.03 bits per heavy atom. The maximum atomic E-state index is 12.7. The molecule has 1 fully saturated rings. The molecule has 1 aliphatic heterocycles. The Morgan fingerprint density at radius 2 is 1.63 bits per heavy atom. The second-order valence-electron chi connectivity index (χ2n) is 12.1. The van der Waals surface area contributed by atoms with E-state index in [1.165, 1.54) is 0 Å². The van der Waals surface area contributed by atoms with Crippen LogP contribution in [-0.2, 0) is 11.8 Å². The van der Waals surface area contributed by atoms with Gasteiger partial charge in [-0.1, -0.05) is 27.7 Å². The molecule has 172 valence electrons. The fraction of sp³-hybridized carbons (Fsp3) is 0.833. The van der Waals surface area contributed by atoms with Crippen molar-refractivity contribution in [3.8, 4) is 0 Å². The summed E-state index contributed by atoms with van der Waals surface area (Å²) in [7, 11) is 2.03. The molecular formula is C24H46N5O+. The highest BCUT2D eigenvalue weighted by Gasteiger charge is 2.51. The molecular weight excluding hydrogens is 374 g/mol. The summed E-state index contributed by atoms with van der Waals surface area (Å²) in [6.07, 6.45) is 9.54. The summed E-state index contributed by atoms with van der Waals surface area (Å²) in [5.74, 6) is 0.265. The van der Waals surface area contributed by atoms with Crippen molar-refractivity contribution in [2.24, 2.45) is 29.3 Å². The van der Waals surface area contributed by atoms with Crippen molar-refractivity contribution in [3.63, 3.8) is 0 Å². The van der Waals surface area contributed by atoms with Gasteiger partial charge in [-0.25, -0.2) is 9.13 Å². The molecule has 4 N–H and O–H groups in total. The van der Waals surface area contributed by atoms with Crippen molar-refractivity contribution in [1.29, 1.82) is 0 Å². The van der Waals surface area contributed by atoms with Crippen LogP contribution in [0.2, 0.25) is 0 Å². The quantitative estimate of drug-likeness (QED) is 0.602. The highest BCUT2D eigenvalue weighted by molar-refractivity contribution is 5.78. The Bertz CT molecular complexity index is 736. The van der Waals surface area contributed by atoms with E-state index in [2.05, 4.69) is 88.1 Å². The van der Waals surface area contributed by atoms with Gasteiger partial charge in [0.15, 0.2) is 0 Å². The largest absolute Gasteiger partial charge is 0.339 e. The number of carbonyl (C=O) groups excluding carboxylic acids is 1. The number of amides is 1. The lowest BCUT2D eigenvalue weighted by Crippen LogP contribution is -2.57. The maximum absolute atomic E-state index is 12.7. The predicted octanol–water partition coefficient (Wildman–Crippen LogP) is 3.15. The number of nitrogens with two attached hydrogens (primary N) is 2. The molecule has 6 nitrogen and oxygen atoms in total. The fourth-order valence-electron chi connectivity index (χ4n) is 4.86. The first kappa shape index (κ1) is 24.9. The van der Waals surface area contributed by atoms with E-state index in [1.807, 2.05) is 7.05 Å². The van der Waals surface area contributed by atoms with Crippen molar-refractivity contribution in [3.05, 3.63) is 18.7 Å². The highest BCUT2D eigenvalue weighted by atomic mass is 16.2. The minimum Gasteiger partial charge on any atom is -0.339 e. The standard InChI is InChI=1S/C24H46N5O/c1-21(2,15-19(24(7,8)26)28-14-13-27(9)17-28)23(5,6)18(16-22(3,4)25)29-12-10-11-20(29)30/h13-14,17-19H,10-12,15-16,25-26H2,1-9H3/q+1. The van der Waals surface area contributed by atoms with Crippen LogP contribution in [0.3, 0.4) is 0 Å². The molecule has 1 aliphatic rings. The second-order valence-corrected chi connectivity index (χ2v) is 12.1. The third-order valence-electron chi connectivity index (χ3n) is 7.49. The molecule has 1 saturated heterocycles. The van der Waals surface area contributed by atoms with Crippen LogP contribution in [-0.4, -0.2) is 39.0 Å². The molecule has 2 unspecified atom stereocenters. The molecule has 0 bridgehead atoms. The molecule has 0 radical (unpaired) electrons. The lowest BCUT2D eigenvalue weighted by Gasteiger charge is -2.53. The van der Waals surface area contributed by atoms with E-state index >= 15 is 0 Å². The Kier molecular flexibility index (Phi) is 6.85. The van der Waals surface area contributed by atoms with Crippen molar-refractivity contribution in [2.75, 3.05) is 6.54 Å². The number of hydrogen-bond donors (Lipinski definition) is 2. The van der Waals surface area contributed by atoms with Gasteiger partial charge >= 0.3 is 0 Å². The van der Waals surface area contributed by atoms with Crippen molar-refractivity contribution < 1.29 is 9.36 Å². The molecule has 0 aliphatic carbocycles. The third kappa shape index (κ3) is 5.44. The average Bonchev–Trinajstić information content (AvgIpc) is 3.16. The number of aromatic nitrogens is 2. The Labute approximate surface area is 184 Å². The Hall–Kier alpha value is -1.40. The van der Waals surface area contributed by atoms with E-state index in [1.54, 1.807) is 0 Å². The van der Waals surface area contributed by atoms with Gasteiger partial charge in [-0.3, -0.25) is 4.79 Å². The van der Waals surface area contributed by atoms with E-state index in [9.17, 15) is 4.79 Å². The van der Waals surface area contributed by atoms with E-state index in [4.69, 9.17) is 11.5 Å². The number of likely N-dealkylation sites (tertiary alicyclic amines) is 1. The fourth-order valence-corrected chi connectivity index (χ4v) is 4.86. The van der Waals surface area contributed by atoms with Crippen LogP contribution in [0.15, 0.2) is 18.7 Å². The molecule has 1 aromatic heterocycles. The SMILES string of the molecule is C[n+]1ccn(C(CC(C)(C)C(C)(C)C(CC(C)(C)N)N2CCCC2=O)C(C)(C)N)c1. The highest BCUT2D eigenvalue weighted by Crippen LogP contribution is 2.51. The minimum absolute atomic E-state index is 0.0874. The van der Waals surface area contributed by atoms with Crippen LogP contribution in [0.25, 0.3) is 0 Å². The molecule has 0 aromatic carbocycles. The Morgan fingerprint density at radius 1 is 1.03 bits per heavy atom. The number of nitrogens with zero attached hydrogens (tertiary/aromatic N) is 3. The van der Waals surface area contributed by atoms with Gasteiger partial charge in [0.1, 0.15) is 18.4 Å². The van der Waals surface area contributed by atoms with Gasteiger partial charge in [0, 0.05) is 24.5 Å². The number of aryl methyl sites for hydroxylation is 1. The van der Waals surface area contributed by atoms with E-state index in [0.29, 0.717) is 6.42 Å². The zero-order valence-corrected chi connectivity index (χ0v) is 20.8. The molecule has 1 amide bonds. The van der Waals surface area contributed by atoms with Crippen molar-refractivity contribution in [1.82, 2.24) is 9.47 Å². The molecule has 30 heavy (non-hydrogen) atoms. The van der Waals surface area contributed by atoms with Crippen LogP contribution in [0.5, 0.6) is 0 Å². The van der Waals surface area contributed by atoms with E-state index < -0.39 is 0 Å². The van der Waals surface area contributed by atoms with Crippen molar-refractivity contribution >= 4 is 5.91 Å². The van der Waals surface area contributed by atoms with Gasteiger partial charge in [-0.05, 0) is 57.8 Å². The van der Waals surface area contributed by atoms with Crippen LogP contribution in [0, 0.1) is 10.8 Å². The topological polar surface area (TPSA) is 81.2 Å². The van der Waals surface area contributed by atoms with Crippen LogP contribution >= 0.6 is 0 Å². The van der Waals surface area contributed by atoms with E-state index in [0.717, 1.165) is 25.8 Å². The molecule has 1 aromatic rings. The first-order valence-electron chi connectivity index (χ1n) is 11.4. The lowest BCUT2D eigenvalue weighted by atomic mass is 9.58. The van der Waals surface area contributed by atoms with Gasteiger partial charge in [0.25, 0.3) is 0 Å².